The minimum atomic E-state index is 0.328. The second-order valence-electron chi connectivity index (χ2n) is 9.05. The average Bonchev–Trinajstić information content (AvgIpc) is 2.19. The zero-order chi connectivity index (χ0) is 15.3. The van der Waals surface area contributed by atoms with Crippen molar-refractivity contribution in [1.29, 1.82) is 0 Å². The average molecular weight is 270 g/mol. The first-order valence-electron chi connectivity index (χ1n) is 8.17. The molecular formula is C18H39N. The van der Waals surface area contributed by atoms with Gasteiger partial charge in [0.1, 0.15) is 0 Å². The van der Waals surface area contributed by atoms with Crippen molar-refractivity contribution in [2.45, 2.75) is 106 Å². The molecule has 0 aliphatic carbocycles. The standard InChI is InChI=1S/C18H39N/c1-10-18(19-15(2)3,13-11-16(4,5)6)14-12-17(7,8)9/h15,19H,10-14H2,1-9H3. The van der Waals surface area contributed by atoms with E-state index in [1.807, 2.05) is 0 Å². The Morgan fingerprint density at radius 2 is 1.11 bits per heavy atom. The Hall–Kier alpha value is -0.0400. The fourth-order valence-corrected chi connectivity index (χ4v) is 2.57. The van der Waals surface area contributed by atoms with Crippen molar-refractivity contribution in [3.63, 3.8) is 0 Å². The lowest BCUT2D eigenvalue weighted by atomic mass is 9.76. The molecule has 0 rings (SSSR count). The van der Waals surface area contributed by atoms with E-state index in [0.717, 1.165) is 0 Å². The molecule has 116 valence electrons. The molecule has 0 aliphatic rings. The molecule has 0 aromatic carbocycles. The first-order valence-corrected chi connectivity index (χ1v) is 8.17. The summed E-state index contributed by atoms with van der Waals surface area (Å²) >= 11 is 0. The normalized spacial score (nSPS) is 14.2. The Morgan fingerprint density at radius 1 is 0.737 bits per heavy atom. The second-order valence-corrected chi connectivity index (χ2v) is 9.05. The summed E-state index contributed by atoms with van der Waals surface area (Å²) in [7, 11) is 0. The van der Waals surface area contributed by atoms with Gasteiger partial charge < -0.3 is 5.32 Å². The molecule has 1 N–H and O–H groups in total. The molecule has 0 saturated heterocycles. The van der Waals surface area contributed by atoms with Crippen molar-refractivity contribution in [3.8, 4) is 0 Å². The van der Waals surface area contributed by atoms with Crippen LogP contribution in [-0.4, -0.2) is 11.6 Å². The van der Waals surface area contributed by atoms with Gasteiger partial charge >= 0.3 is 0 Å². The summed E-state index contributed by atoms with van der Waals surface area (Å²) in [4.78, 5) is 0. The molecule has 0 aliphatic heterocycles. The van der Waals surface area contributed by atoms with Gasteiger partial charge in [0, 0.05) is 11.6 Å². The molecule has 0 unspecified atom stereocenters. The smallest absolute Gasteiger partial charge is 0.0181 e. The van der Waals surface area contributed by atoms with Gasteiger partial charge in [-0.1, -0.05) is 62.3 Å². The highest BCUT2D eigenvalue weighted by Gasteiger charge is 2.31. The van der Waals surface area contributed by atoms with Crippen LogP contribution in [0.5, 0.6) is 0 Å². The number of hydrogen-bond acceptors (Lipinski definition) is 1. The van der Waals surface area contributed by atoms with E-state index in [2.05, 4.69) is 67.6 Å². The largest absolute Gasteiger partial charge is 0.309 e. The maximum absolute atomic E-state index is 3.89. The van der Waals surface area contributed by atoms with Crippen molar-refractivity contribution in [2.24, 2.45) is 10.8 Å². The predicted molar refractivity (Wildman–Crippen MR) is 88.7 cm³/mol. The van der Waals surface area contributed by atoms with Gasteiger partial charge in [-0.15, -0.1) is 0 Å². The van der Waals surface area contributed by atoms with Gasteiger partial charge in [-0.2, -0.15) is 0 Å². The van der Waals surface area contributed by atoms with E-state index in [0.29, 0.717) is 22.4 Å². The molecule has 0 atom stereocenters. The van der Waals surface area contributed by atoms with E-state index < -0.39 is 0 Å². The summed E-state index contributed by atoms with van der Waals surface area (Å²) in [6.45, 7) is 21.0. The van der Waals surface area contributed by atoms with Gasteiger partial charge in [0.2, 0.25) is 0 Å². The van der Waals surface area contributed by atoms with Crippen LogP contribution in [0.4, 0.5) is 0 Å². The summed E-state index contributed by atoms with van der Waals surface area (Å²) in [5, 5.41) is 3.89. The van der Waals surface area contributed by atoms with Gasteiger partial charge in [0.15, 0.2) is 0 Å². The highest BCUT2D eigenvalue weighted by atomic mass is 15.0. The molecule has 0 radical (unpaired) electrons. The van der Waals surface area contributed by atoms with Crippen LogP contribution in [0.2, 0.25) is 0 Å². The molecule has 0 saturated carbocycles. The highest BCUT2D eigenvalue weighted by Crippen LogP contribution is 2.34. The molecule has 0 spiro atoms. The Kier molecular flexibility index (Phi) is 7.09. The highest BCUT2D eigenvalue weighted by molar-refractivity contribution is 4.90. The molecule has 0 bridgehead atoms. The number of rotatable bonds is 7. The van der Waals surface area contributed by atoms with Crippen LogP contribution in [0.3, 0.4) is 0 Å². The summed E-state index contributed by atoms with van der Waals surface area (Å²) in [6, 6.07) is 0.569. The van der Waals surface area contributed by atoms with E-state index in [9.17, 15) is 0 Å². The van der Waals surface area contributed by atoms with Gasteiger partial charge in [-0.05, 0) is 42.9 Å². The molecule has 0 amide bonds. The summed E-state index contributed by atoms with van der Waals surface area (Å²) in [6.07, 6.45) is 6.41. The fraction of sp³-hybridized carbons (Fsp3) is 1.00. The van der Waals surface area contributed by atoms with E-state index in [-0.39, 0.29) is 0 Å². The van der Waals surface area contributed by atoms with Crippen LogP contribution in [0, 0.1) is 10.8 Å². The third kappa shape index (κ3) is 9.49. The van der Waals surface area contributed by atoms with E-state index >= 15 is 0 Å². The van der Waals surface area contributed by atoms with Crippen LogP contribution in [-0.2, 0) is 0 Å². The Labute approximate surface area is 122 Å². The van der Waals surface area contributed by atoms with Crippen molar-refractivity contribution in [2.75, 3.05) is 0 Å². The van der Waals surface area contributed by atoms with Crippen LogP contribution < -0.4 is 5.32 Å². The maximum atomic E-state index is 3.89. The molecule has 0 aromatic heterocycles. The van der Waals surface area contributed by atoms with Crippen LogP contribution in [0.15, 0.2) is 0 Å². The molecule has 19 heavy (non-hydrogen) atoms. The Morgan fingerprint density at radius 3 is 1.32 bits per heavy atom. The van der Waals surface area contributed by atoms with Gasteiger partial charge in [-0.3, -0.25) is 0 Å². The Balaban J connectivity index is 4.77. The third-order valence-electron chi connectivity index (χ3n) is 3.98. The minimum Gasteiger partial charge on any atom is -0.309 e. The van der Waals surface area contributed by atoms with Crippen LogP contribution >= 0.6 is 0 Å². The zero-order valence-electron chi connectivity index (χ0n) is 15.1. The van der Waals surface area contributed by atoms with E-state index in [1.165, 1.54) is 32.1 Å². The number of nitrogens with one attached hydrogen (secondary N) is 1. The maximum Gasteiger partial charge on any atom is 0.0181 e. The monoisotopic (exact) mass is 269 g/mol. The fourth-order valence-electron chi connectivity index (χ4n) is 2.57. The lowest BCUT2D eigenvalue weighted by molar-refractivity contribution is 0.184. The van der Waals surface area contributed by atoms with E-state index in [4.69, 9.17) is 0 Å². The van der Waals surface area contributed by atoms with Crippen molar-refractivity contribution in [3.05, 3.63) is 0 Å². The lowest BCUT2D eigenvalue weighted by Crippen LogP contribution is -2.49. The second kappa shape index (κ2) is 7.11. The Bertz CT molecular complexity index is 221. The van der Waals surface area contributed by atoms with E-state index in [1.54, 1.807) is 0 Å². The molecule has 0 heterocycles. The van der Waals surface area contributed by atoms with Gasteiger partial charge in [0.05, 0.1) is 0 Å². The topological polar surface area (TPSA) is 12.0 Å². The first kappa shape index (κ1) is 19.0. The van der Waals surface area contributed by atoms with Crippen molar-refractivity contribution < 1.29 is 0 Å². The van der Waals surface area contributed by atoms with Crippen LogP contribution in [0.1, 0.15) is 94.4 Å². The number of hydrogen-bond donors (Lipinski definition) is 1. The van der Waals surface area contributed by atoms with Crippen molar-refractivity contribution >= 4 is 0 Å². The molecule has 0 fully saturated rings. The molecule has 1 heteroatoms. The van der Waals surface area contributed by atoms with Crippen LogP contribution in [0.25, 0.3) is 0 Å². The third-order valence-corrected chi connectivity index (χ3v) is 3.98. The quantitative estimate of drug-likeness (QED) is 0.617. The van der Waals surface area contributed by atoms with Gasteiger partial charge in [0.25, 0.3) is 0 Å². The first-order chi connectivity index (χ1) is 8.39. The summed E-state index contributed by atoms with van der Waals surface area (Å²) < 4.78 is 0. The summed E-state index contributed by atoms with van der Waals surface area (Å²) in [5.74, 6) is 0. The summed E-state index contributed by atoms with van der Waals surface area (Å²) in [5.41, 5.74) is 1.19. The SMILES string of the molecule is CCC(CCC(C)(C)C)(CCC(C)(C)C)NC(C)C. The predicted octanol–water partition coefficient (Wildman–Crippen LogP) is 5.79. The molecule has 1 nitrogen and oxygen atoms in total. The zero-order valence-corrected chi connectivity index (χ0v) is 15.1. The molecule has 0 aromatic rings. The molecular weight excluding hydrogens is 230 g/mol. The van der Waals surface area contributed by atoms with Gasteiger partial charge in [-0.25, -0.2) is 0 Å². The lowest BCUT2D eigenvalue weighted by Gasteiger charge is -2.40. The van der Waals surface area contributed by atoms with Crippen molar-refractivity contribution in [1.82, 2.24) is 5.32 Å². The minimum absolute atomic E-state index is 0.328.